The summed E-state index contributed by atoms with van der Waals surface area (Å²) in [7, 11) is 2.07. The van der Waals surface area contributed by atoms with Gasteiger partial charge in [0.1, 0.15) is 5.82 Å². The lowest BCUT2D eigenvalue weighted by Crippen LogP contribution is -2.34. The molecule has 2 unspecified atom stereocenters. The van der Waals surface area contributed by atoms with Crippen molar-refractivity contribution in [3.63, 3.8) is 0 Å². The molecule has 1 saturated heterocycles. The molecule has 1 fully saturated rings. The van der Waals surface area contributed by atoms with Crippen LogP contribution in [0.3, 0.4) is 0 Å². The van der Waals surface area contributed by atoms with Crippen LogP contribution >= 0.6 is 0 Å². The fourth-order valence-corrected chi connectivity index (χ4v) is 2.58. The lowest BCUT2D eigenvalue weighted by Gasteiger charge is -2.15. The molecule has 18 heavy (non-hydrogen) atoms. The Bertz CT molecular complexity index is 549. The van der Waals surface area contributed by atoms with Crippen molar-refractivity contribution in [1.29, 1.82) is 0 Å². The van der Waals surface area contributed by atoms with Crippen LogP contribution in [-0.4, -0.2) is 28.3 Å². The Hall–Kier alpha value is -1.39. The van der Waals surface area contributed by atoms with Gasteiger partial charge in [-0.2, -0.15) is 0 Å². The zero-order valence-electron chi connectivity index (χ0n) is 10.9. The number of hydrogen-bond donors (Lipinski definition) is 1. The van der Waals surface area contributed by atoms with Gasteiger partial charge in [-0.25, -0.2) is 4.98 Å². The van der Waals surface area contributed by atoms with Crippen molar-refractivity contribution in [2.45, 2.75) is 32.0 Å². The molecule has 1 aliphatic heterocycles. The number of ether oxygens (including phenoxy) is 1. The average Bonchev–Trinajstić information content (AvgIpc) is 2.92. The second-order valence-electron chi connectivity index (χ2n) is 4.93. The number of para-hydroxylation sites is 2. The smallest absolute Gasteiger partial charge is 0.123 e. The quantitative estimate of drug-likeness (QED) is 0.897. The molecule has 3 rings (SSSR count). The van der Waals surface area contributed by atoms with E-state index in [9.17, 15) is 0 Å². The van der Waals surface area contributed by atoms with Crippen molar-refractivity contribution in [2.24, 2.45) is 7.05 Å². The molecule has 4 nitrogen and oxygen atoms in total. The second-order valence-corrected chi connectivity index (χ2v) is 4.93. The molecule has 0 spiro atoms. The van der Waals surface area contributed by atoms with Gasteiger partial charge in [-0.05, 0) is 25.5 Å². The molecule has 0 bridgehead atoms. The Morgan fingerprint density at radius 2 is 2.28 bits per heavy atom. The van der Waals surface area contributed by atoms with Gasteiger partial charge in [0, 0.05) is 19.7 Å². The predicted octanol–water partition coefficient (Wildman–Crippen LogP) is 1.84. The minimum atomic E-state index is 0.305. The summed E-state index contributed by atoms with van der Waals surface area (Å²) < 4.78 is 7.71. The number of imidazole rings is 1. The van der Waals surface area contributed by atoms with Crippen LogP contribution in [0.5, 0.6) is 0 Å². The van der Waals surface area contributed by atoms with E-state index in [0.29, 0.717) is 12.1 Å². The van der Waals surface area contributed by atoms with Crippen LogP contribution in [0.15, 0.2) is 24.3 Å². The summed E-state index contributed by atoms with van der Waals surface area (Å²) in [6.45, 7) is 3.78. The minimum absolute atomic E-state index is 0.305. The molecule has 0 radical (unpaired) electrons. The summed E-state index contributed by atoms with van der Waals surface area (Å²) in [4.78, 5) is 4.66. The largest absolute Gasteiger partial charge is 0.377 e. The number of nitrogens with one attached hydrogen (secondary N) is 1. The molecular formula is C14H19N3O. The maximum atomic E-state index is 5.55. The van der Waals surface area contributed by atoms with E-state index in [-0.39, 0.29) is 0 Å². The van der Waals surface area contributed by atoms with Crippen molar-refractivity contribution in [2.75, 3.05) is 6.61 Å². The Labute approximate surface area is 107 Å². The van der Waals surface area contributed by atoms with Gasteiger partial charge in [0.25, 0.3) is 0 Å². The molecule has 0 saturated carbocycles. The van der Waals surface area contributed by atoms with Crippen LogP contribution in [0.25, 0.3) is 11.0 Å². The molecule has 1 aliphatic rings. The van der Waals surface area contributed by atoms with E-state index in [4.69, 9.17) is 4.74 Å². The lowest BCUT2D eigenvalue weighted by molar-refractivity contribution is 0.113. The van der Waals surface area contributed by atoms with Gasteiger partial charge in [0.15, 0.2) is 0 Å². The summed E-state index contributed by atoms with van der Waals surface area (Å²) in [5.41, 5.74) is 2.25. The summed E-state index contributed by atoms with van der Waals surface area (Å²) in [5, 5.41) is 3.54. The predicted molar refractivity (Wildman–Crippen MR) is 71.4 cm³/mol. The van der Waals surface area contributed by atoms with Crippen molar-refractivity contribution in [3.05, 3.63) is 30.1 Å². The van der Waals surface area contributed by atoms with Gasteiger partial charge in [-0.3, -0.25) is 0 Å². The first-order valence-corrected chi connectivity index (χ1v) is 6.51. The first-order valence-electron chi connectivity index (χ1n) is 6.51. The van der Waals surface area contributed by atoms with E-state index < -0.39 is 0 Å². The van der Waals surface area contributed by atoms with Crippen LogP contribution in [0.2, 0.25) is 0 Å². The average molecular weight is 245 g/mol. The molecule has 96 valence electrons. The highest BCUT2D eigenvalue weighted by Gasteiger charge is 2.23. The molecule has 0 aliphatic carbocycles. The van der Waals surface area contributed by atoms with Crippen LogP contribution in [0.4, 0.5) is 0 Å². The number of fused-ring (bicyclic) bond motifs is 1. The Morgan fingerprint density at radius 3 is 3.00 bits per heavy atom. The van der Waals surface area contributed by atoms with E-state index in [0.717, 1.165) is 30.9 Å². The molecular weight excluding hydrogens is 226 g/mol. The standard InChI is InChI=1S/C14H19N3O/c1-10-11(7-8-18-10)15-9-14-16-12-5-3-4-6-13(12)17(14)2/h3-6,10-11,15H,7-9H2,1-2H3. The number of hydrogen-bond acceptors (Lipinski definition) is 3. The summed E-state index contributed by atoms with van der Waals surface area (Å²) in [5.74, 6) is 1.08. The molecule has 2 atom stereocenters. The first-order chi connectivity index (χ1) is 8.75. The number of benzene rings is 1. The zero-order chi connectivity index (χ0) is 12.5. The topological polar surface area (TPSA) is 39.1 Å². The highest BCUT2D eigenvalue weighted by atomic mass is 16.5. The van der Waals surface area contributed by atoms with E-state index in [1.165, 1.54) is 5.52 Å². The van der Waals surface area contributed by atoms with E-state index in [1.54, 1.807) is 0 Å². The fourth-order valence-electron chi connectivity index (χ4n) is 2.58. The number of aryl methyl sites for hydroxylation is 1. The fraction of sp³-hybridized carbons (Fsp3) is 0.500. The monoisotopic (exact) mass is 245 g/mol. The molecule has 2 heterocycles. The van der Waals surface area contributed by atoms with Gasteiger partial charge >= 0.3 is 0 Å². The third-order valence-corrected chi connectivity index (χ3v) is 3.78. The Balaban J connectivity index is 1.76. The molecule has 4 heteroatoms. The van der Waals surface area contributed by atoms with E-state index in [1.807, 2.05) is 12.1 Å². The van der Waals surface area contributed by atoms with Crippen molar-refractivity contribution in [1.82, 2.24) is 14.9 Å². The third-order valence-electron chi connectivity index (χ3n) is 3.78. The molecule has 1 aromatic carbocycles. The number of rotatable bonds is 3. The summed E-state index contributed by atoms with van der Waals surface area (Å²) >= 11 is 0. The second kappa shape index (κ2) is 4.71. The van der Waals surface area contributed by atoms with Gasteiger partial charge in [0.2, 0.25) is 0 Å². The summed E-state index contributed by atoms with van der Waals surface area (Å²) in [6, 6.07) is 8.69. The highest BCUT2D eigenvalue weighted by Crippen LogP contribution is 2.16. The van der Waals surface area contributed by atoms with Gasteiger partial charge in [0.05, 0.1) is 23.7 Å². The summed E-state index contributed by atoms with van der Waals surface area (Å²) in [6.07, 6.45) is 1.39. The van der Waals surface area contributed by atoms with Crippen molar-refractivity contribution >= 4 is 11.0 Å². The van der Waals surface area contributed by atoms with Crippen molar-refractivity contribution in [3.8, 4) is 0 Å². The minimum Gasteiger partial charge on any atom is -0.377 e. The number of nitrogens with zero attached hydrogens (tertiary/aromatic N) is 2. The van der Waals surface area contributed by atoms with E-state index in [2.05, 4.69) is 41.0 Å². The zero-order valence-corrected chi connectivity index (χ0v) is 10.9. The van der Waals surface area contributed by atoms with Gasteiger partial charge in [-0.15, -0.1) is 0 Å². The highest BCUT2D eigenvalue weighted by molar-refractivity contribution is 5.75. The lowest BCUT2D eigenvalue weighted by atomic mass is 10.1. The molecule has 2 aromatic rings. The molecule has 1 aromatic heterocycles. The van der Waals surface area contributed by atoms with Crippen LogP contribution in [-0.2, 0) is 18.3 Å². The Kier molecular flexibility index (Phi) is 3.06. The van der Waals surface area contributed by atoms with Gasteiger partial charge in [-0.1, -0.05) is 12.1 Å². The maximum absolute atomic E-state index is 5.55. The molecule has 1 N–H and O–H groups in total. The van der Waals surface area contributed by atoms with Crippen LogP contribution < -0.4 is 5.32 Å². The SMILES string of the molecule is CC1OCCC1NCc1nc2ccccc2n1C. The third kappa shape index (κ3) is 2.02. The van der Waals surface area contributed by atoms with Crippen LogP contribution in [0, 0.1) is 0 Å². The van der Waals surface area contributed by atoms with Crippen molar-refractivity contribution < 1.29 is 4.74 Å². The maximum Gasteiger partial charge on any atom is 0.123 e. The van der Waals surface area contributed by atoms with Crippen LogP contribution in [0.1, 0.15) is 19.2 Å². The number of aromatic nitrogens is 2. The molecule has 0 amide bonds. The van der Waals surface area contributed by atoms with E-state index >= 15 is 0 Å². The normalized spacial score (nSPS) is 23.9. The Morgan fingerprint density at radius 1 is 1.44 bits per heavy atom. The van der Waals surface area contributed by atoms with Gasteiger partial charge < -0.3 is 14.6 Å². The first kappa shape index (κ1) is 11.7.